The molecular weight excluding hydrogens is 200 g/mol. The van der Waals surface area contributed by atoms with Crippen LogP contribution in [0.2, 0.25) is 0 Å². The van der Waals surface area contributed by atoms with E-state index in [0.29, 0.717) is 12.4 Å². The van der Waals surface area contributed by atoms with Crippen LogP contribution < -0.4 is 0 Å². The maximum atomic E-state index is 10.3. The molecule has 2 atom stereocenters. The second-order valence-corrected chi connectivity index (χ2v) is 3.50. The van der Waals surface area contributed by atoms with Crippen LogP contribution in [0.5, 0.6) is 0 Å². The maximum absolute atomic E-state index is 10.3. The number of carbonyl (C=O) groups is 1. The van der Waals surface area contributed by atoms with E-state index in [1.165, 1.54) is 0 Å². The van der Waals surface area contributed by atoms with E-state index < -0.39 is 0 Å². The van der Waals surface area contributed by atoms with Gasteiger partial charge in [-0.1, -0.05) is 37.3 Å². The van der Waals surface area contributed by atoms with Crippen LogP contribution >= 0.6 is 11.6 Å². The van der Waals surface area contributed by atoms with Crippen molar-refractivity contribution in [3.8, 4) is 0 Å². The Morgan fingerprint density at radius 3 is 2.57 bits per heavy atom. The third-order valence-electron chi connectivity index (χ3n) is 2.09. The van der Waals surface area contributed by atoms with Crippen LogP contribution in [0.25, 0.3) is 0 Å². The Morgan fingerprint density at radius 1 is 1.43 bits per heavy atom. The van der Waals surface area contributed by atoms with Crippen molar-refractivity contribution in [3.05, 3.63) is 35.9 Å². The summed E-state index contributed by atoms with van der Waals surface area (Å²) in [5.41, 5.74) is 0.979. The van der Waals surface area contributed by atoms with Crippen molar-refractivity contribution in [2.24, 2.45) is 5.92 Å². The molecule has 76 valence electrons. The van der Waals surface area contributed by atoms with E-state index in [2.05, 4.69) is 0 Å². The smallest absolute Gasteiger partial charge is 0.293 e. The summed E-state index contributed by atoms with van der Waals surface area (Å²) in [6, 6.07) is 9.61. The zero-order valence-electron chi connectivity index (χ0n) is 8.02. The highest BCUT2D eigenvalue weighted by molar-refractivity contribution is 6.18. The van der Waals surface area contributed by atoms with Gasteiger partial charge >= 0.3 is 0 Å². The highest BCUT2D eigenvalue weighted by atomic mass is 35.5. The molecular formula is C11H13ClO2. The third kappa shape index (κ3) is 2.74. The van der Waals surface area contributed by atoms with Gasteiger partial charge in [0.1, 0.15) is 6.10 Å². The Morgan fingerprint density at radius 2 is 2.07 bits per heavy atom. The maximum Gasteiger partial charge on any atom is 0.293 e. The van der Waals surface area contributed by atoms with E-state index >= 15 is 0 Å². The molecule has 0 unspecified atom stereocenters. The van der Waals surface area contributed by atoms with Gasteiger partial charge in [0.15, 0.2) is 0 Å². The largest absolute Gasteiger partial charge is 0.459 e. The van der Waals surface area contributed by atoms with E-state index in [0.717, 1.165) is 5.56 Å². The second-order valence-electron chi connectivity index (χ2n) is 3.20. The number of rotatable bonds is 5. The van der Waals surface area contributed by atoms with E-state index in [4.69, 9.17) is 16.3 Å². The first-order chi connectivity index (χ1) is 6.79. The zero-order valence-corrected chi connectivity index (χ0v) is 8.78. The predicted molar refractivity (Wildman–Crippen MR) is 56.2 cm³/mol. The quantitative estimate of drug-likeness (QED) is 0.554. The monoisotopic (exact) mass is 212 g/mol. The molecule has 1 aromatic rings. The summed E-state index contributed by atoms with van der Waals surface area (Å²) in [5.74, 6) is 0.581. The summed E-state index contributed by atoms with van der Waals surface area (Å²) in [6.07, 6.45) is -0.244. The summed E-state index contributed by atoms with van der Waals surface area (Å²) in [6.45, 7) is 2.43. The Balaban J connectivity index is 2.82. The van der Waals surface area contributed by atoms with Crippen LogP contribution in [0.1, 0.15) is 18.6 Å². The predicted octanol–water partition coefficient (Wildman–Crippen LogP) is 2.78. The number of benzene rings is 1. The molecule has 0 spiro atoms. The number of carbonyl (C=O) groups excluding carboxylic acids is 1. The van der Waals surface area contributed by atoms with Crippen LogP contribution in [0.3, 0.4) is 0 Å². The molecule has 0 saturated heterocycles. The lowest BCUT2D eigenvalue weighted by molar-refractivity contribution is -0.135. The van der Waals surface area contributed by atoms with Crippen molar-refractivity contribution in [1.29, 1.82) is 0 Å². The van der Waals surface area contributed by atoms with Gasteiger partial charge < -0.3 is 4.74 Å². The second kappa shape index (κ2) is 5.66. The lowest BCUT2D eigenvalue weighted by atomic mass is 9.99. The highest BCUT2D eigenvalue weighted by Crippen LogP contribution is 2.25. The number of halogens is 1. The van der Waals surface area contributed by atoms with Crippen LogP contribution in [0.15, 0.2) is 30.3 Å². The van der Waals surface area contributed by atoms with Crippen molar-refractivity contribution in [3.63, 3.8) is 0 Å². The van der Waals surface area contributed by atoms with Gasteiger partial charge in [-0.2, -0.15) is 0 Å². The summed E-state index contributed by atoms with van der Waals surface area (Å²) in [4.78, 5) is 10.3. The standard InChI is InChI=1S/C11H13ClO2/c1-9(7-12)11(14-8-13)10-5-3-2-4-6-10/h2-6,8-9,11H,7H2,1H3/t9-,11+/m1/s1. The normalized spacial score (nSPS) is 14.4. The third-order valence-corrected chi connectivity index (χ3v) is 2.58. The van der Waals surface area contributed by atoms with Gasteiger partial charge in [-0.15, -0.1) is 11.6 Å². The van der Waals surface area contributed by atoms with E-state index in [9.17, 15) is 4.79 Å². The van der Waals surface area contributed by atoms with Crippen molar-refractivity contribution in [1.82, 2.24) is 0 Å². The summed E-state index contributed by atoms with van der Waals surface area (Å²) >= 11 is 5.74. The van der Waals surface area contributed by atoms with E-state index in [1.54, 1.807) is 0 Å². The molecule has 0 amide bonds. The average Bonchev–Trinajstić information content (AvgIpc) is 2.26. The number of alkyl halides is 1. The molecule has 0 aliphatic carbocycles. The van der Waals surface area contributed by atoms with Gasteiger partial charge in [-0.3, -0.25) is 4.79 Å². The number of hydrogen-bond acceptors (Lipinski definition) is 2. The van der Waals surface area contributed by atoms with Gasteiger partial charge in [0.25, 0.3) is 6.47 Å². The highest BCUT2D eigenvalue weighted by Gasteiger charge is 2.19. The van der Waals surface area contributed by atoms with Gasteiger partial charge in [0.2, 0.25) is 0 Å². The summed E-state index contributed by atoms with van der Waals surface area (Å²) in [7, 11) is 0. The minimum absolute atomic E-state index is 0.115. The number of ether oxygens (including phenoxy) is 1. The SMILES string of the molecule is C[C@H](CCl)[C@H](OC=O)c1ccccc1. The Hall–Kier alpha value is -1.02. The molecule has 0 bridgehead atoms. The van der Waals surface area contributed by atoms with E-state index in [-0.39, 0.29) is 12.0 Å². The molecule has 0 fully saturated rings. The van der Waals surface area contributed by atoms with Crippen LogP contribution in [-0.4, -0.2) is 12.4 Å². The fraction of sp³-hybridized carbons (Fsp3) is 0.364. The Bertz CT molecular complexity index is 274. The molecule has 0 aromatic heterocycles. The zero-order chi connectivity index (χ0) is 10.4. The molecule has 2 nitrogen and oxygen atoms in total. The molecule has 0 aliphatic rings. The van der Waals surface area contributed by atoms with Crippen LogP contribution in [-0.2, 0) is 9.53 Å². The Labute approximate surface area is 88.8 Å². The molecule has 3 heteroatoms. The van der Waals surface area contributed by atoms with Gasteiger partial charge in [0, 0.05) is 11.8 Å². The fourth-order valence-electron chi connectivity index (χ4n) is 1.32. The van der Waals surface area contributed by atoms with Crippen molar-refractivity contribution < 1.29 is 9.53 Å². The molecule has 1 rings (SSSR count). The first-order valence-corrected chi connectivity index (χ1v) is 5.03. The average molecular weight is 213 g/mol. The van der Waals surface area contributed by atoms with Crippen molar-refractivity contribution in [2.75, 3.05) is 5.88 Å². The molecule has 0 saturated carbocycles. The minimum atomic E-state index is -0.244. The first-order valence-electron chi connectivity index (χ1n) is 4.49. The molecule has 0 N–H and O–H groups in total. The Kier molecular flexibility index (Phi) is 4.47. The molecule has 0 heterocycles. The first kappa shape index (κ1) is 11.1. The van der Waals surface area contributed by atoms with Crippen molar-refractivity contribution >= 4 is 18.1 Å². The molecule has 14 heavy (non-hydrogen) atoms. The van der Waals surface area contributed by atoms with Gasteiger partial charge in [-0.05, 0) is 5.56 Å². The lowest BCUT2D eigenvalue weighted by Crippen LogP contribution is -2.14. The molecule has 0 radical (unpaired) electrons. The topological polar surface area (TPSA) is 26.3 Å². The molecule has 1 aromatic carbocycles. The van der Waals surface area contributed by atoms with Gasteiger partial charge in [0.05, 0.1) is 0 Å². The van der Waals surface area contributed by atoms with Crippen LogP contribution in [0.4, 0.5) is 0 Å². The number of hydrogen-bond donors (Lipinski definition) is 0. The summed E-state index contributed by atoms with van der Waals surface area (Å²) in [5, 5.41) is 0. The van der Waals surface area contributed by atoms with Crippen LogP contribution in [0, 0.1) is 5.92 Å². The van der Waals surface area contributed by atoms with E-state index in [1.807, 2.05) is 37.3 Å². The van der Waals surface area contributed by atoms with Crippen molar-refractivity contribution in [2.45, 2.75) is 13.0 Å². The molecule has 0 aliphatic heterocycles. The fourth-order valence-corrected chi connectivity index (χ4v) is 1.49. The van der Waals surface area contributed by atoms with Gasteiger partial charge in [-0.25, -0.2) is 0 Å². The minimum Gasteiger partial charge on any atom is -0.459 e. The lowest BCUT2D eigenvalue weighted by Gasteiger charge is -2.20. The summed E-state index contributed by atoms with van der Waals surface area (Å²) < 4.78 is 5.02.